The van der Waals surface area contributed by atoms with Crippen molar-refractivity contribution < 1.29 is 0 Å². The topological polar surface area (TPSA) is 39.7 Å². The Bertz CT molecular complexity index is 437. The van der Waals surface area contributed by atoms with Crippen molar-refractivity contribution in [1.82, 2.24) is 15.5 Å². The molecule has 1 aromatic heterocycles. The molecule has 1 fully saturated rings. The molecule has 1 aliphatic rings. The minimum Gasteiger partial charge on any atom is -0.355 e. The summed E-state index contributed by atoms with van der Waals surface area (Å²) < 4.78 is 0. The van der Waals surface area contributed by atoms with Gasteiger partial charge in [-0.2, -0.15) is 0 Å². The van der Waals surface area contributed by atoms with Gasteiger partial charge in [-0.3, -0.25) is 9.89 Å². The van der Waals surface area contributed by atoms with E-state index >= 15 is 0 Å². The second-order valence-corrected chi connectivity index (χ2v) is 6.60. The fraction of sp³-hybridized carbons (Fsp3) is 0.667. The molecule has 0 spiro atoms. The van der Waals surface area contributed by atoms with Crippen LogP contribution in [0.4, 0.5) is 0 Å². The van der Waals surface area contributed by atoms with E-state index in [1.165, 1.54) is 22.6 Å². The number of guanidine groups is 1. The number of hydrogen-bond donors (Lipinski definition) is 2. The monoisotopic (exact) mass is 294 g/mol. The maximum atomic E-state index is 4.27. The van der Waals surface area contributed by atoms with Crippen LogP contribution in [0.15, 0.2) is 17.1 Å². The molecule has 2 N–H and O–H groups in total. The summed E-state index contributed by atoms with van der Waals surface area (Å²) in [5.41, 5.74) is 0. The van der Waals surface area contributed by atoms with Gasteiger partial charge in [0.2, 0.25) is 0 Å². The molecular formula is C15H26N4S. The van der Waals surface area contributed by atoms with Gasteiger partial charge in [-0.05, 0) is 38.4 Å². The van der Waals surface area contributed by atoms with Gasteiger partial charge < -0.3 is 10.6 Å². The van der Waals surface area contributed by atoms with Gasteiger partial charge in [0.05, 0.1) is 6.54 Å². The fourth-order valence-corrected chi connectivity index (χ4v) is 3.16. The van der Waals surface area contributed by atoms with Crippen LogP contribution in [0.1, 0.15) is 29.5 Å². The highest BCUT2D eigenvalue weighted by molar-refractivity contribution is 7.11. The third-order valence-electron chi connectivity index (χ3n) is 3.61. The zero-order chi connectivity index (χ0) is 14.4. The van der Waals surface area contributed by atoms with E-state index in [2.05, 4.69) is 46.5 Å². The van der Waals surface area contributed by atoms with Gasteiger partial charge in [-0.15, -0.1) is 11.3 Å². The Hall–Kier alpha value is -1.07. The summed E-state index contributed by atoms with van der Waals surface area (Å²) in [6, 6.07) is 5.17. The molecule has 1 saturated carbocycles. The lowest BCUT2D eigenvalue weighted by atomic mass is 10.4. The van der Waals surface area contributed by atoms with Gasteiger partial charge in [0.1, 0.15) is 0 Å². The largest absolute Gasteiger partial charge is 0.355 e. The fourth-order valence-electron chi connectivity index (χ4n) is 2.33. The number of rotatable bonds is 7. The molecule has 0 amide bonds. The first-order valence-corrected chi connectivity index (χ1v) is 8.28. The molecule has 1 aromatic rings. The third-order valence-corrected chi connectivity index (χ3v) is 4.61. The Morgan fingerprint density at radius 3 is 2.75 bits per heavy atom. The second-order valence-electron chi connectivity index (χ2n) is 5.22. The number of thiophene rings is 1. The van der Waals surface area contributed by atoms with Crippen molar-refractivity contribution in [1.29, 1.82) is 0 Å². The van der Waals surface area contributed by atoms with Gasteiger partial charge in [0.15, 0.2) is 5.96 Å². The summed E-state index contributed by atoms with van der Waals surface area (Å²) in [4.78, 5) is 9.52. The maximum absolute atomic E-state index is 4.27. The first-order chi connectivity index (χ1) is 9.72. The van der Waals surface area contributed by atoms with Crippen molar-refractivity contribution in [2.24, 2.45) is 4.99 Å². The molecule has 1 aliphatic carbocycles. The van der Waals surface area contributed by atoms with E-state index in [4.69, 9.17) is 0 Å². The van der Waals surface area contributed by atoms with Crippen LogP contribution in [0, 0.1) is 6.92 Å². The molecule has 5 heteroatoms. The number of hydrogen-bond acceptors (Lipinski definition) is 3. The first kappa shape index (κ1) is 15.3. The van der Waals surface area contributed by atoms with Crippen LogP contribution in [0.25, 0.3) is 0 Å². The van der Waals surface area contributed by atoms with Gasteiger partial charge in [-0.25, -0.2) is 0 Å². The molecule has 0 atom stereocenters. The summed E-state index contributed by atoms with van der Waals surface area (Å²) in [6.45, 7) is 8.42. The van der Waals surface area contributed by atoms with Crippen LogP contribution in [0.2, 0.25) is 0 Å². The van der Waals surface area contributed by atoms with E-state index in [1.807, 2.05) is 18.4 Å². The molecule has 0 bridgehead atoms. The highest BCUT2D eigenvalue weighted by Gasteiger charge is 2.27. The predicted octanol–water partition coefficient (Wildman–Crippen LogP) is 2.21. The summed E-state index contributed by atoms with van der Waals surface area (Å²) >= 11 is 1.83. The van der Waals surface area contributed by atoms with Crippen molar-refractivity contribution in [3.05, 3.63) is 21.9 Å². The van der Waals surface area contributed by atoms with E-state index in [1.54, 1.807) is 0 Å². The summed E-state index contributed by atoms with van der Waals surface area (Å²) in [6.07, 6.45) is 2.75. The van der Waals surface area contributed by atoms with E-state index in [0.717, 1.165) is 38.2 Å². The van der Waals surface area contributed by atoms with Gasteiger partial charge >= 0.3 is 0 Å². The average molecular weight is 294 g/mol. The number of aryl methyl sites for hydroxylation is 1. The quantitative estimate of drug-likeness (QED) is 0.598. The zero-order valence-corrected chi connectivity index (χ0v) is 13.6. The number of nitrogens with zero attached hydrogens (tertiary/aromatic N) is 2. The highest BCUT2D eigenvalue weighted by Crippen LogP contribution is 2.25. The van der Waals surface area contributed by atoms with Crippen molar-refractivity contribution >= 4 is 17.3 Å². The minimum atomic E-state index is 0.839. The van der Waals surface area contributed by atoms with Crippen molar-refractivity contribution in [3.8, 4) is 0 Å². The molecule has 0 radical (unpaired) electrons. The van der Waals surface area contributed by atoms with Crippen LogP contribution in [-0.4, -0.2) is 43.6 Å². The summed E-state index contributed by atoms with van der Waals surface area (Å²) in [5.74, 6) is 0.892. The van der Waals surface area contributed by atoms with Crippen LogP contribution >= 0.6 is 11.3 Å². The smallest absolute Gasteiger partial charge is 0.191 e. The van der Waals surface area contributed by atoms with Crippen LogP contribution in [0.5, 0.6) is 0 Å². The average Bonchev–Trinajstić information content (AvgIpc) is 3.21. The van der Waals surface area contributed by atoms with E-state index in [-0.39, 0.29) is 0 Å². The van der Waals surface area contributed by atoms with Gasteiger partial charge in [0, 0.05) is 35.9 Å². The van der Waals surface area contributed by atoms with Crippen molar-refractivity contribution in [3.63, 3.8) is 0 Å². The molecule has 4 nitrogen and oxygen atoms in total. The Morgan fingerprint density at radius 1 is 1.40 bits per heavy atom. The zero-order valence-electron chi connectivity index (χ0n) is 12.8. The Morgan fingerprint density at radius 2 is 2.20 bits per heavy atom. The summed E-state index contributed by atoms with van der Waals surface area (Å²) in [7, 11) is 1.83. The molecule has 0 unspecified atom stereocenters. The van der Waals surface area contributed by atoms with Gasteiger partial charge in [-0.1, -0.05) is 6.92 Å². The van der Waals surface area contributed by atoms with E-state index in [0.29, 0.717) is 0 Å². The summed E-state index contributed by atoms with van der Waals surface area (Å²) in [5, 5.41) is 6.76. The Kier molecular flexibility index (Phi) is 5.86. The number of likely N-dealkylation sites (N-methyl/N-ethyl adjacent to an activating group) is 1. The Balaban J connectivity index is 1.67. The lowest BCUT2D eigenvalue weighted by Gasteiger charge is -2.20. The maximum Gasteiger partial charge on any atom is 0.191 e. The molecule has 2 rings (SSSR count). The highest BCUT2D eigenvalue weighted by atomic mass is 32.1. The molecule has 20 heavy (non-hydrogen) atoms. The minimum absolute atomic E-state index is 0.839. The van der Waals surface area contributed by atoms with E-state index < -0.39 is 0 Å². The number of nitrogens with one attached hydrogen (secondary N) is 2. The molecule has 0 saturated heterocycles. The van der Waals surface area contributed by atoms with Crippen molar-refractivity contribution in [2.45, 2.75) is 39.3 Å². The lowest BCUT2D eigenvalue weighted by molar-refractivity contribution is 0.282. The van der Waals surface area contributed by atoms with Crippen LogP contribution in [0.3, 0.4) is 0 Å². The first-order valence-electron chi connectivity index (χ1n) is 7.46. The van der Waals surface area contributed by atoms with Crippen molar-refractivity contribution in [2.75, 3.05) is 26.7 Å². The lowest BCUT2D eigenvalue weighted by Crippen LogP contribution is -2.41. The van der Waals surface area contributed by atoms with E-state index in [9.17, 15) is 0 Å². The Labute approximate surface area is 126 Å². The second kappa shape index (κ2) is 7.64. The SMILES string of the molecule is CCN(CCNC(=NC)NCc1ccc(C)s1)C1CC1. The third kappa shape index (κ3) is 4.80. The standard InChI is InChI=1S/C15H26N4S/c1-4-19(13-6-7-13)10-9-17-15(16-3)18-11-14-8-5-12(2)20-14/h5,8,13H,4,6-7,9-11H2,1-3H3,(H2,16,17,18). The molecule has 0 aliphatic heterocycles. The normalized spacial score (nSPS) is 15.7. The number of aliphatic imine (C=N–C) groups is 1. The van der Waals surface area contributed by atoms with Gasteiger partial charge in [0.25, 0.3) is 0 Å². The molecular weight excluding hydrogens is 268 g/mol. The predicted molar refractivity (Wildman–Crippen MR) is 87.5 cm³/mol. The molecule has 1 heterocycles. The molecule has 112 valence electrons. The molecule has 0 aromatic carbocycles. The van der Waals surface area contributed by atoms with Crippen LogP contribution < -0.4 is 10.6 Å². The van der Waals surface area contributed by atoms with Crippen LogP contribution in [-0.2, 0) is 6.54 Å².